The fraction of sp³-hybridized carbons (Fsp3) is 0.562. The molecule has 1 amide bonds. The zero-order valence-corrected chi connectivity index (χ0v) is 11.7. The second-order valence-electron chi connectivity index (χ2n) is 5.83. The van der Waals surface area contributed by atoms with Crippen molar-refractivity contribution >= 4 is 5.91 Å². The van der Waals surface area contributed by atoms with Crippen molar-refractivity contribution in [2.24, 2.45) is 5.92 Å². The van der Waals surface area contributed by atoms with Crippen LogP contribution in [0.5, 0.6) is 5.75 Å². The molecule has 19 heavy (non-hydrogen) atoms. The van der Waals surface area contributed by atoms with Crippen LogP contribution in [-0.2, 0) is 4.79 Å². The molecule has 1 N–H and O–H groups in total. The zero-order chi connectivity index (χ0) is 13.4. The summed E-state index contributed by atoms with van der Waals surface area (Å²) in [7, 11) is 0. The highest BCUT2D eigenvalue weighted by Crippen LogP contribution is 2.36. The molecule has 1 heterocycles. The summed E-state index contributed by atoms with van der Waals surface area (Å²) in [6.07, 6.45) is 4.17. The van der Waals surface area contributed by atoms with E-state index in [4.69, 9.17) is 4.74 Å². The number of carbonyl (C=O) groups is 1. The monoisotopic (exact) mass is 259 g/mol. The number of rotatable bonds is 2. The molecule has 0 spiro atoms. The van der Waals surface area contributed by atoms with Crippen molar-refractivity contribution in [3.63, 3.8) is 0 Å². The Kier molecular flexibility index (Phi) is 3.21. The van der Waals surface area contributed by atoms with E-state index in [1.165, 1.54) is 12.0 Å². The number of benzene rings is 1. The van der Waals surface area contributed by atoms with E-state index in [9.17, 15) is 4.79 Å². The molecule has 3 nitrogen and oxygen atoms in total. The number of amides is 1. The molecule has 0 bridgehead atoms. The Hall–Kier alpha value is -1.51. The van der Waals surface area contributed by atoms with Crippen molar-refractivity contribution < 1.29 is 9.53 Å². The van der Waals surface area contributed by atoms with Crippen molar-refractivity contribution in [3.8, 4) is 5.75 Å². The molecule has 3 heteroatoms. The van der Waals surface area contributed by atoms with Crippen molar-refractivity contribution in [2.75, 3.05) is 6.61 Å². The fourth-order valence-electron chi connectivity index (χ4n) is 2.99. The van der Waals surface area contributed by atoms with E-state index in [0.717, 1.165) is 36.1 Å². The molecule has 1 aromatic rings. The molecule has 0 saturated heterocycles. The standard InChI is InChI=1S/C16H21NO2/c1-10-8-11(2)15-13(9-10)14(6-7-19-15)17-16(18)12-4-3-5-12/h8-9,12,14H,3-7H2,1-2H3,(H,17,18). The summed E-state index contributed by atoms with van der Waals surface area (Å²) < 4.78 is 5.77. The molecular formula is C16H21NO2. The van der Waals surface area contributed by atoms with E-state index in [-0.39, 0.29) is 17.9 Å². The minimum atomic E-state index is 0.121. The van der Waals surface area contributed by atoms with Crippen LogP contribution < -0.4 is 10.1 Å². The molecule has 2 aliphatic rings. The Balaban J connectivity index is 1.83. The van der Waals surface area contributed by atoms with Gasteiger partial charge in [0.15, 0.2) is 0 Å². The number of fused-ring (bicyclic) bond motifs is 1. The van der Waals surface area contributed by atoms with Gasteiger partial charge in [0.2, 0.25) is 5.91 Å². The molecule has 1 fully saturated rings. The SMILES string of the molecule is Cc1cc(C)c2c(c1)C(NC(=O)C1CCC1)CCO2. The van der Waals surface area contributed by atoms with E-state index in [1.807, 2.05) is 0 Å². The minimum absolute atomic E-state index is 0.121. The molecule has 1 atom stereocenters. The highest BCUT2D eigenvalue weighted by molar-refractivity contribution is 5.80. The van der Waals surface area contributed by atoms with Crippen LogP contribution in [0.4, 0.5) is 0 Å². The Bertz CT molecular complexity index is 506. The first-order chi connectivity index (χ1) is 9.15. The van der Waals surface area contributed by atoms with Gasteiger partial charge in [-0.1, -0.05) is 24.1 Å². The quantitative estimate of drug-likeness (QED) is 0.886. The Morgan fingerprint density at radius 2 is 2.05 bits per heavy atom. The van der Waals surface area contributed by atoms with Gasteiger partial charge < -0.3 is 10.1 Å². The Morgan fingerprint density at radius 3 is 2.74 bits per heavy atom. The van der Waals surface area contributed by atoms with Gasteiger partial charge in [0.05, 0.1) is 12.6 Å². The lowest BCUT2D eigenvalue weighted by molar-refractivity contribution is -0.128. The number of hydrogen-bond donors (Lipinski definition) is 1. The highest BCUT2D eigenvalue weighted by atomic mass is 16.5. The van der Waals surface area contributed by atoms with Crippen LogP contribution in [-0.4, -0.2) is 12.5 Å². The average molecular weight is 259 g/mol. The maximum atomic E-state index is 12.1. The summed E-state index contributed by atoms with van der Waals surface area (Å²) in [6, 6.07) is 4.40. The van der Waals surface area contributed by atoms with Crippen LogP contribution in [0.1, 0.15) is 48.4 Å². The van der Waals surface area contributed by atoms with Gasteiger partial charge in [0, 0.05) is 17.9 Å². The highest BCUT2D eigenvalue weighted by Gasteiger charge is 2.30. The Labute approximate surface area is 114 Å². The van der Waals surface area contributed by atoms with Crippen molar-refractivity contribution in [1.82, 2.24) is 5.32 Å². The summed E-state index contributed by atoms with van der Waals surface area (Å²) in [4.78, 5) is 12.1. The van der Waals surface area contributed by atoms with Gasteiger partial charge in [-0.2, -0.15) is 0 Å². The Morgan fingerprint density at radius 1 is 1.26 bits per heavy atom. The van der Waals surface area contributed by atoms with E-state index < -0.39 is 0 Å². The third kappa shape index (κ3) is 2.34. The third-order valence-electron chi connectivity index (χ3n) is 4.27. The lowest BCUT2D eigenvalue weighted by Crippen LogP contribution is -2.38. The average Bonchev–Trinajstić information content (AvgIpc) is 2.27. The van der Waals surface area contributed by atoms with Crippen LogP contribution in [0.2, 0.25) is 0 Å². The number of aryl methyl sites for hydroxylation is 2. The second-order valence-corrected chi connectivity index (χ2v) is 5.83. The summed E-state index contributed by atoms with van der Waals surface area (Å²) in [6.45, 7) is 4.85. The first-order valence-electron chi connectivity index (χ1n) is 7.19. The second kappa shape index (κ2) is 4.87. The van der Waals surface area contributed by atoms with Gasteiger partial charge in [0.1, 0.15) is 5.75 Å². The molecule has 1 aliphatic carbocycles. The molecule has 0 radical (unpaired) electrons. The van der Waals surface area contributed by atoms with Crippen LogP contribution in [0.15, 0.2) is 12.1 Å². The van der Waals surface area contributed by atoms with E-state index >= 15 is 0 Å². The summed E-state index contributed by atoms with van der Waals surface area (Å²) in [5.41, 5.74) is 3.54. The van der Waals surface area contributed by atoms with Crippen molar-refractivity contribution in [3.05, 3.63) is 28.8 Å². The molecular weight excluding hydrogens is 238 g/mol. The molecule has 0 aromatic heterocycles. The normalized spacial score (nSPS) is 22.1. The molecule has 1 unspecified atom stereocenters. The maximum Gasteiger partial charge on any atom is 0.223 e. The van der Waals surface area contributed by atoms with Crippen molar-refractivity contribution in [1.29, 1.82) is 0 Å². The van der Waals surface area contributed by atoms with Gasteiger partial charge >= 0.3 is 0 Å². The first kappa shape index (κ1) is 12.5. The van der Waals surface area contributed by atoms with Gasteiger partial charge in [-0.25, -0.2) is 0 Å². The number of ether oxygens (including phenoxy) is 1. The van der Waals surface area contributed by atoms with E-state index in [2.05, 4.69) is 31.3 Å². The third-order valence-corrected chi connectivity index (χ3v) is 4.27. The first-order valence-corrected chi connectivity index (χ1v) is 7.19. The summed E-state index contributed by atoms with van der Waals surface area (Å²) in [5.74, 6) is 1.44. The fourth-order valence-corrected chi connectivity index (χ4v) is 2.99. The largest absolute Gasteiger partial charge is 0.493 e. The zero-order valence-electron chi connectivity index (χ0n) is 11.7. The van der Waals surface area contributed by atoms with Crippen LogP contribution in [0, 0.1) is 19.8 Å². The van der Waals surface area contributed by atoms with Crippen LogP contribution in [0.25, 0.3) is 0 Å². The molecule has 1 aromatic carbocycles. The van der Waals surface area contributed by atoms with Crippen LogP contribution >= 0.6 is 0 Å². The summed E-state index contributed by atoms with van der Waals surface area (Å²) in [5, 5.41) is 3.21. The number of carbonyl (C=O) groups excluding carboxylic acids is 1. The predicted octanol–water partition coefficient (Wildman–Crippen LogP) is 3.04. The van der Waals surface area contributed by atoms with Gasteiger partial charge in [0.25, 0.3) is 0 Å². The molecule has 1 aliphatic heterocycles. The number of nitrogens with one attached hydrogen (secondary N) is 1. The van der Waals surface area contributed by atoms with E-state index in [1.54, 1.807) is 0 Å². The van der Waals surface area contributed by atoms with Gasteiger partial charge in [-0.15, -0.1) is 0 Å². The topological polar surface area (TPSA) is 38.3 Å². The smallest absolute Gasteiger partial charge is 0.223 e. The molecule has 3 rings (SSSR count). The number of hydrogen-bond acceptors (Lipinski definition) is 2. The van der Waals surface area contributed by atoms with Gasteiger partial charge in [-0.05, 0) is 32.3 Å². The lowest BCUT2D eigenvalue weighted by Gasteiger charge is -2.31. The lowest BCUT2D eigenvalue weighted by atomic mass is 9.84. The predicted molar refractivity (Wildman–Crippen MR) is 74.3 cm³/mol. The molecule has 102 valence electrons. The van der Waals surface area contributed by atoms with E-state index in [0.29, 0.717) is 6.61 Å². The van der Waals surface area contributed by atoms with Crippen molar-refractivity contribution in [2.45, 2.75) is 45.6 Å². The maximum absolute atomic E-state index is 12.1. The van der Waals surface area contributed by atoms with Crippen LogP contribution in [0.3, 0.4) is 0 Å². The molecule has 1 saturated carbocycles. The van der Waals surface area contributed by atoms with Gasteiger partial charge in [-0.3, -0.25) is 4.79 Å². The summed E-state index contributed by atoms with van der Waals surface area (Å²) >= 11 is 0. The minimum Gasteiger partial charge on any atom is -0.493 e.